The molecule has 0 saturated carbocycles. The lowest BCUT2D eigenvalue weighted by atomic mass is 10.4. The maximum Gasteiger partial charge on any atom is 0.260 e. The molecule has 0 spiro atoms. The number of hydrogen-bond acceptors (Lipinski definition) is 6. The molecule has 0 aromatic carbocycles. The number of pyridine rings is 1. The summed E-state index contributed by atoms with van der Waals surface area (Å²) in [5, 5.41) is -0.204. The van der Waals surface area contributed by atoms with E-state index in [1.54, 1.807) is 19.9 Å². The maximum absolute atomic E-state index is 12.1. The molecule has 2 heterocycles. The molecule has 7 nitrogen and oxygen atoms in total. The Kier molecular flexibility index (Phi) is 3.54. The summed E-state index contributed by atoms with van der Waals surface area (Å²) in [6.07, 6.45) is 2.89. The molecule has 0 amide bonds. The van der Waals surface area contributed by atoms with Gasteiger partial charge in [-0.2, -0.15) is 4.72 Å². The van der Waals surface area contributed by atoms with Crippen molar-refractivity contribution in [3.63, 3.8) is 0 Å². The highest BCUT2D eigenvalue weighted by Crippen LogP contribution is 2.18. The fourth-order valence-corrected chi connectivity index (χ4v) is 2.79. The number of aryl methyl sites for hydroxylation is 1. The van der Waals surface area contributed by atoms with Gasteiger partial charge < -0.3 is 10.2 Å². The molecule has 0 saturated heterocycles. The van der Waals surface area contributed by atoms with Crippen molar-refractivity contribution in [2.75, 3.05) is 5.73 Å². The summed E-state index contributed by atoms with van der Waals surface area (Å²) in [5.41, 5.74) is 5.69. The van der Waals surface area contributed by atoms with Crippen LogP contribution in [0.2, 0.25) is 0 Å². The highest BCUT2D eigenvalue weighted by atomic mass is 32.2. The number of oxazole rings is 1. The number of rotatable bonds is 4. The van der Waals surface area contributed by atoms with Crippen LogP contribution in [0.4, 0.5) is 5.69 Å². The highest BCUT2D eigenvalue weighted by Gasteiger charge is 2.24. The largest absolute Gasteiger partial charge is 0.444 e. The van der Waals surface area contributed by atoms with Crippen LogP contribution in [0.5, 0.6) is 0 Å². The summed E-state index contributed by atoms with van der Waals surface area (Å²) >= 11 is 0. The first kappa shape index (κ1) is 13.5. The maximum atomic E-state index is 12.1. The van der Waals surface area contributed by atoms with E-state index >= 15 is 0 Å². The monoisotopic (exact) mass is 282 g/mol. The molecule has 2 rings (SSSR count). The van der Waals surface area contributed by atoms with Crippen LogP contribution >= 0.6 is 0 Å². The first-order valence-electron chi connectivity index (χ1n) is 5.55. The van der Waals surface area contributed by atoms with Crippen molar-refractivity contribution in [3.05, 3.63) is 36.2 Å². The predicted molar refractivity (Wildman–Crippen MR) is 68.6 cm³/mol. The van der Waals surface area contributed by atoms with Crippen LogP contribution in [0.3, 0.4) is 0 Å². The molecule has 0 aliphatic rings. The molecule has 0 aliphatic carbocycles. The SMILES string of the molecule is Cc1cnc(C(C)NS(=O)(=O)c2ncccc2N)o1. The number of hydrogen-bond donors (Lipinski definition) is 2. The van der Waals surface area contributed by atoms with Gasteiger partial charge in [0.2, 0.25) is 5.89 Å². The van der Waals surface area contributed by atoms with Crippen molar-refractivity contribution in [1.82, 2.24) is 14.7 Å². The first-order chi connectivity index (χ1) is 8.90. The molecule has 102 valence electrons. The number of nitrogens with zero attached hydrogens (tertiary/aromatic N) is 2. The normalized spacial score (nSPS) is 13.4. The van der Waals surface area contributed by atoms with Crippen LogP contribution in [-0.2, 0) is 10.0 Å². The topological polar surface area (TPSA) is 111 Å². The average molecular weight is 282 g/mol. The van der Waals surface area contributed by atoms with Crippen molar-refractivity contribution >= 4 is 15.7 Å². The minimum absolute atomic E-state index is 0.0887. The van der Waals surface area contributed by atoms with E-state index < -0.39 is 16.1 Å². The lowest BCUT2D eigenvalue weighted by Crippen LogP contribution is -2.28. The van der Waals surface area contributed by atoms with Crippen LogP contribution in [0, 0.1) is 6.92 Å². The quantitative estimate of drug-likeness (QED) is 0.865. The average Bonchev–Trinajstić information content (AvgIpc) is 2.76. The Labute approximate surface area is 110 Å². The fourth-order valence-electron chi connectivity index (χ4n) is 1.54. The second-order valence-electron chi connectivity index (χ2n) is 4.05. The van der Waals surface area contributed by atoms with E-state index in [9.17, 15) is 8.42 Å². The molecule has 2 aromatic heterocycles. The summed E-state index contributed by atoms with van der Waals surface area (Å²) in [5.74, 6) is 0.897. The molecule has 1 atom stereocenters. The molecule has 3 N–H and O–H groups in total. The van der Waals surface area contributed by atoms with Gasteiger partial charge in [0.1, 0.15) is 5.76 Å². The van der Waals surface area contributed by atoms with Crippen LogP contribution in [0.1, 0.15) is 24.6 Å². The van der Waals surface area contributed by atoms with Gasteiger partial charge in [-0.25, -0.2) is 18.4 Å². The molecule has 19 heavy (non-hydrogen) atoms. The minimum atomic E-state index is -3.82. The molecule has 0 bridgehead atoms. The van der Waals surface area contributed by atoms with Gasteiger partial charge in [-0.3, -0.25) is 0 Å². The van der Waals surface area contributed by atoms with Crippen molar-refractivity contribution < 1.29 is 12.8 Å². The van der Waals surface area contributed by atoms with Crippen molar-refractivity contribution in [1.29, 1.82) is 0 Å². The highest BCUT2D eigenvalue weighted by molar-refractivity contribution is 7.89. The molecule has 0 radical (unpaired) electrons. The molecule has 8 heteroatoms. The van der Waals surface area contributed by atoms with Crippen LogP contribution in [0.15, 0.2) is 34.0 Å². The standard InChI is InChI=1S/C11H14N4O3S/c1-7-6-14-10(18-7)8(2)15-19(16,17)11-9(12)4-3-5-13-11/h3-6,8,15H,12H2,1-2H3. The zero-order valence-corrected chi connectivity index (χ0v) is 11.3. The second-order valence-corrected chi connectivity index (χ2v) is 5.68. The Morgan fingerprint density at radius 3 is 2.74 bits per heavy atom. The van der Waals surface area contributed by atoms with Crippen LogP contribution < -0.4 is 10.5 Å². The van der Waals surface area contributed by atoms with Gasteiger partial charge in [0.25, 0.3) is 10.0 Å². The van der Waals surface area contributed by atoms with E-state index in [0.29, 0.717) is 5.76 Å². The summed E-state index contributed by atoms with van der Waals surface area (Å²) < 4.78 is 31.9. The van der Waals surface area contributed by atoms with Crippen LogP contribution in [-0.4, -0.2) is 18.4 Å². The Morgan fingerprint density at radius 2 is 2.16 bits per heavy atom. The van der Waals surface area contributed by atoms with E-state index in [0.717, 1.165) is 0 Å². The van der Waals surface area contributed by atoms with E-state index in [1.807, 2.05) is 0 Å². The zero-order valence-electron chi connectivity index (χ0n) is 10.5. The number of aromatic nitrogens is 2. The van der Waals surface area contributed by atoms with Crippen molar-refractivity contribution in [3.8, 4) is 0 Å². The second kappa shape index (κ2) is 4.98. The van der Waals surface area contributed by atoms with Gasteiger partial charge in [0.05, 0.1) is 17.9 Å². The minimum Gasteiger partial charge on any atom is -0.444 e. The Hall–Kier alpha value is -1.93. The smallest absolute Gasteiger partial charge is 0.260 e. The number of anilines is 1. The van der Waals surface area contributed by atoms with Crippen molar-refractivity contribution in [2.24, 2.45) is 0 Å². The first-order valence-corrected chi connectivity index (χ1v) is 7.03. The number of nitrogens with two attached hydrogens (primary N) is 1. The Morgan fingerprint density at radius 1 is 1.42 bits per heavy atom. The summed E-state index contributed by atoms with van der Waals surface area (Å²) in [7, 11) is -3.82. The van der Waals surface area contributed by atoms with Crippen molar-refractivity contribution in [2.45, 2.75) is 24.9 Å². The zero-order chi connectivity index (χ0) is 14.0. The molecular weight excluding hydrogens is 268 g/mol. The third-order valence-electron chi connectivity index (χ3n) is 2.40. The lowest BCUT2D eigenvalue weighted by Gasteiger charge is -2.11. The van der Waals surface area contributed by atoms with Crippen LogP contribution in [0.25, 0.3) is 0 Å². The van der Waals surface area contributed by atoms with Gasteiger partial charge in [0.15, 0.2) is 5.03 Å². The Bertz CT molecular complexity index is 681. The van der Waals surface area contributed by atoms with Gasteiger partial charge >= 0.3 is 0 Å². The number of nitrogens with one attached hydrogen (secondary N) is 1. The summed E-state index contributed by atoms with van der Waals surface area (Å²) in [6, 6.07) is 2.43. The summed E-state index contributed by atoms with van der Waals surface area (Å²) in [6.45, 7) is 3.36. The molecule has 0 fully saturated rings. The molecule has 1 unspecified atom stereocenters. The van der Waals surface area contributed by atoms with Gasteiger partial charge in [-0.05, 0) is 26.0 Å². The van der Waals surface area contributed by atoms with Gasteiger partial charge in [-0.15, -0.1) is 0 Å². The summed E-state index contributed by atoms with van der Waals surface area (Å²) in [4.78, 5) is 7.75. The van der Waals surface area contributed by atoms with Gasteiger partial charge in [0, 0.05) is 6.20 Å². The van der Waals surface area contributed by atoms with E-state index in [1.165, 1.54) is 18.5 Å². The fraction of sp³-hybridized carbons (Fsp3) is 0.273. The predicted octanol–water partition coefficient (Wildman–Crippen LogP) is 1.000. The Balaban J connectivity index is 2.25. The third kappa shape index (κ3) is 2.91. The third-order valence-corrected chi connectivity index (χ3v) is 3.91. The van der Waals surface area contributed by atoms with Gasteiger partial charge in [-0.1, -0.05) is 0 Å². The van der Waals surface area contributed by atoms with E-state index in [2.05, 4.69) is 14.7 Å². The molecule has 0 aliphatic heterocycles. The number of nitrogen functional groups attached to an aromatic ring is 1. The van der Waals surface area contributed by atoms with E-state index in [4.69, 9.17) is 10.2 Å². The lowest BCUT2D eigenvalue weighted by molar-refractivity contribution is 0.427. The number of sulfonamides is 1. The molecular formula is C11H14N4O3S. The van der Waals surface area contributed by atoms with E-state index in [-0.39, 0.29) is 16.6 Å². The molecule has 2 aromatic rings.